The molecule has 2 unspecified atom stereocenters. The molecule has 4 heteroatoms. The largest absolute Gasteiger partial charge is 0.361 e. The highest BCUT2D eigenvalue weighted by Crippen LogP contribution is 2.19. The summed E-state index contributed by atoms with van der Waals surface area (Å²) in [5.74, 6) is 0.724. The zero-order valence-electron chi connectivity index (χ0n) is 11.2. The molecule has 0 bridgehead atoms. The van der Waals surface area contributed by atoms with E-state index in [4.69, 9.17) is 0 Å². The Bertz CT molecular complexity index is 228. The average molecular weight is 243 g/mol. The topological polar surface area (TPSA) is 27.6 Å². The van der Waals surface area contributed by atoms with Crippen LogP contribution in [0.15, 0.2) is 4.99 Å². The zero-order chi connectivity index (χ0) is 12.1. The van der Waals surface area contributed by atoms with Crippen LogP contribution in [-0.4, -0.2) is 48.5 Å². The molecule has 1 heterocycles. The zero-order valence-corrected chi connectivity index (χ0v) is 12.0. The molecule has 0 fully saturated rings. The van der Waals surface area contributed by atoms with Crippen LogP contribution in [0.2, 0.25) is 0 Å². The average Bonchev–Trinajstić information content (AvgIpc) is 2.48. The van der Waals surface area contributed by atoms with Crippen molar-refractivity contribution in [3.8, 4) is 0 Å². The number of likely N-dealkylation sites (N-methyl/N-ethyl adjacent to an activating group) is 1. The van der Waals surface area contributed by atoms with Crippen LogP contribution in [0.5, 0.6) is 0 Å². The van der Waals surface area contributed by atoms with Gasteiger partial charge in [-0.05, 0) is 26.4 Å². The Morgan fingerprint density at radius 2 is 2.19 bits per heavy atom. The van der Waals surface area contributed by atoms with E-state index < -0.39 is 0 Å². The van der Waals surface area contributed by atoms with Gasteiger partial charge in [-0.25, -0.2) is 0 Å². The van der Waals surface area contributed by atoms with Gasteiger partial charge >= 0.3 is 0 Å². The van der Waals surface area contributed by atoms with E-state index in [-0.39, 0.29) is 0 Å². The lowest BCUT2D eigenvalue weighted by atomic mass is 10.0. The van der Waals surface area contributed by atoms with Crippen molar-refractivity contribution in [2.45, 2.75) is 38.5 Å². The van der Waals surface area contributed by atoms with Crippen molar-refractivity contribution < 1.29 is 0 Å². The molecule has 94 valence electrons. The molecule has 0 amide bonds. The minimum Gasteiger partial charge on any atom is -0.361 e. The highest BCUT2D eigenvalue weighted by molar-refractivity contribution is 8.14. The smallest absolute Gasteiger partial charge is 0.157 e. The maximum absolute atomic E-state index is 4.52. The summed E-state index contributed by atoms with van der Waals surface area (Å²) >= 11 is 1.87. The van der Waals surface area contributed by atoms with Crippen molar-refractivity contribution in [2.24, 2.45) is 10.9 Å². The predicted octanol–water partition coefficient (Wildman–Crippen LogP) is 2.04. The summed E-state index contributed by atoms with van der Waals surface area (Å²) in [6.07, 6.45) is 1.20. The number of nitrogens with one attached hydrogen (secondary N) is 1. The third-order valence-corrected chi connectivity index (χ3v) is 3.50. The third kappa shape index (κ3) is 5.21. The van der Waals surface area contributed by atoms with Crippen molar-refractivity contribution >= 4 is 16.9 Å². The van der Waals surface area contributed by atoms with E-state index in [1.54, 1.807) is 0 Å². The van der Waals surface area contributed by atoms with Gasteiger partial charge in [0.15, 0.2) is 5.17 Å². The fourth-order valence-electron chi connectivity index (χ4n) is 1.92. The molecule has 1 N–H and O–H groups in total. The summed E-state index contributed by atoms with van der Waals surface area (Å²) in [7, 11) is 4.25. The minimum atomic E-state index is 0.520. The van der Waals surface area contributed by atoms with Crippen LogP contribution >= 0.6 is 11.8 Å². The van der Waals surface area contributed by atoms with E-state index in [0.29, 0.717) is 11.3 Å². The molecule has 16 heavy (non-hydrogen) atoms. The number of hydrogen-bond acceptors (Lipinski definition) is 4. The number of hydrogen-bond donors (Lipinski definition) is 1. The van der Waals surface area contributed by atoms with Crippen molar-refractivity contribution in [3.63, 3.8) is 0 Å². The number of thioether (sulfide) groups is 1. The van der Waals surface area contributed by atoms with Crippen LogP contribution in [-0.2, 0) is 0 Å². The van der Waals surface area contributed by atoms with Gasteiger partial charge in [0.25, 0.3) is 0 Å². The first kappa shape index (κ1) is 13.8. The van der Waals surface area contributed by atoms with Gasteiger partial charge in [0, 0.05) is 17.8 Å². The normalized spacial score (nSPS) is 22.7. The van der Waals surface area contributed by atoms with Crippen molar-refractivity contribution in [1.82, 2.24) is 10.2 Å². The van der Waals surface area contributed by atoms with E-state index in [1.165, 1.54) is 6.42 Å². The summed E-state index contributed by atoms with van der Waals surface area (Å²) in [6.45, 7) is 8.81. The quantitative estimate of drug-likeness (QED) is 0.801. The molecular weight excluding hydrogens is 218 g/mol. The van der Waals surface area contributed by atoms with Crippen LogP contribution in [0.3, 0.4) is 0 Å². The number of aliphatic imine (C=N–C) groups is 1. The molecule has 0 spiro atoms. The van der Waals surface area contributed by atoms with Gasteiger partial charge in [0.2, 0.25) is 0 Å². The van der Waals surface area contributed by atoms with E-state index in [0.717, 1.165) is 24.2 Å². The Morgan fingerprint density at radius 1 is 1.50 bits per heavy atom. The Hall–Kier alpha value is -0.220. The molecule has 0 aromatic rings. The van der Waals surface area contributed by atoms with Crippen LogP contribution in [0.1, 0.15) is 27.2 Å². The Morgan fingerprint density at radius 3 is 2.62 bits per heavy atom. The highest BCUT2D eigenvalue weighted by atomic mass is 32.2. The summed E-state index contributed by atoms with van der Waals surface area (Å²) in [5.41, 5.74) is 0. The van der Waals surface area contributed by atoms with Gasteiger partial charge in [-0.15, -0.1) is 0 Å². The Balaban J connectivity index is 2.43. The number of nitrogens with zero attached hydrogens (tertiary/aromatic N) is 2. The molecule has 0 aliphatic carbocycles. The first-order valence-electron chi connectivity index (χ1n) is 6.09. The molecule has 1 aliphatic rings. The molecule has 1 rings (SSSR count). The summed E-state index contributed by atoms with van der Waals surface area (Å²) in [5, 5.41) is 5.36. The Kier molecular flexibility index (Phi) is 5.62. The first-order chi connectivity index (χ1) is 7.47. The lowest BCUT2D eigenvalue weighted by Gasteiger charge is -2.24. The number of rotatable bonds is 5. The van der Waals surface area contributed by atoms with Gasteiger partial charge in [-0.1, -0.05) is 32.5 Å². The standard InChI is InChI=1S/C12H25N3S/c1-9(2)6-11(8-15(4)5)14-12-13-7-10(3)16-12/h9-11H,6-8H2,1-5H3,(H,13,14). The van der Waals surface area contributed by atoms with E-state index >= 15 is 0 Å². The first-order valence-corrected chi connectivity index (χ1v) is 6.97. The SMILES string of the molecule is CC(C)CC(CN(C)C)NC1=NCC(C)S1. The number of amidine groups is 1. The van der Waals surface area contributed by atoms with Gasteiger partial charge < -0.3 is 10.2 Å². The van der Waals surface area contributed by atoms with Crippen LogP contribution in [0.4, 0.5) is 0 Å². The lowest BCUT2D eigenvalue weighted by molar-refractivity contribution is 0.329. The highest BCUT2D eigenvalue weighted by Gasteiger charge is 2.19. The second-order valence-electron chi connectivity index (χ2n) is 5.31. The molecular formula is C12H25N3S. The minimum absolute atomic E-state index is 0.520. The van der Waals surface area contributed by atoms with Gasteiger partial charge in [-0.3, -0.25) is 4.99 Å². The van der Waals surface area contributed by atoms with Crippen LogP contribution < -0.4 is 5.32 Å². The summed E-state index contributed by atoms with van der Waals surface area (Å²) in [6, 6.07) is 0.520. The Labute approximate surface area is 104 Å². The maximum Gasteiger partial charge on any atom is 0.157 e. The molecule has 0 aromatic heterocycles. The van der Waals surface area contributed by atoms with E-state index in [1.807, 2.05) is 11.8 Å². The molecule has 0 radical (unpaired) electrons. The van der Waals surface area contributed by atoms with Crippen LogP contribution in [0.25, 0.3) is 0 Å². The molecule has 1 aliphatic heterocycles. The van der Waals surface area contributed by atoms with Gasteiger partial charge in [0.1, 0.15) is 0 Å². The second kappa shape index (κ2) is 6.50. The van der Waals surface area contributed by atoms with Crippen LogP contribution in [0, 0.1) is 5.92 Å². The summed E-state index contributed by atoms with van der Waals surface area (Å²) in [4.78, 5) is 6.76. The molecule has 0 aromatic carbocycles. The molecule has 0 saturated heterocycles. The maximum atomic E-state index is 4.52. The third-order valence-electron chi connectivity index (χ3n) is 2.47. The molecule has 2 atom stereocenters. The van der Waals surface area contributed by atoms with E-state index in [9.17, 15) is 0 Å². The van der Waals surface area contributed by atoms with E-state index in [2.05, 4.69) is 50.1 Å². The second-order valence-corrected chi connectivity index (χ2v) is 6.73. The fraction of sp³-hybridized carbons (Fsp3) is 0.917. The van der Waals surface area contributed by atoms with Crippen molar-refractivity contribution in [1.29, 1.82) is 0 Å². The van der Waals surface area contributed by atoms with Gasteiger partial charge in [0.05, 0.1) is 6.54 Å². The monoisotopic (exact) mass is 243 g/mol. The molecule has 3 nitrogen and oxygen atoms in total. The van der Waals surface area contributed by atoms with Crippen molar-refractivity contribution in [2.75, 3.05) is 27.2 Å². The molecule has 0 saturated carbocycles. The summed E-state index contributed by atoms with van der Waals surface area (Å²) < 4.78 is 0. The fourth-order valence-corrected chi connectivity index (χ4v) is 2.83. The van der Waals surface area contributed by atoms with Crippen molar-refractivity contribution in [3.05, 3.63) is 0 Å². The predicted molar refractivity (Wildman–Crippen MR) is 74.3 cm³/mol. The van der Waals surface area contributed by atoms with Gasteiger partial charge in [-0.2, -0.15) is 0 Å². The lowest BCUT2D eigenvalue weighted by Crippen LogP contribution is -2.41.